The third-order valence-electron chi connectivity index (χ3n) is 6.69. The van der Waals surface area contributed by atoms with Crippen LogP contribution in [-0.4, -0.2) is 57.8 Å². The molecule has 3 aliphatic heterocycles. The molecular weight excluding hydrogens is 292 g/mol. The Morgan fingerprint density at radius 1 is 1.05 bits per heavy atom. The van der Waals surface area contributed by atoms with Crippen LogP contribution < -0.4 is 0 Å². The van der Waals surface area contributed by atoms with Gasteiger partial charge in [-0.05, 0) is 13.8 Å². The molecule has 3 heterocycles. The second-order valence-corrected chi connectivity index (χ2v) is 8.02. The van der Waals surface area contributed by atoms with Gasteiger partial charge in [0.15, 0.2) is 0 Å². The highest BCUT2D eigenvalue weighted by molar-refractivity contribution is 5.85. The summed E-state index contributed by atoms with van der Waals surface area (Å²) in [5.74, 6) is -3.07. The van der Waals surface area contributed by atoms with Gasteiger partial charge in [-0.3, -0.25) is 9.59 Å². The van der Waals surface area contributed by atoms with Crippen molar-refractivity contribution in [2.75, 3.05) is 0 Å². The minimum atomic E-state index is -1.55. The van der Waals surface area contributed by atoms with E-state index in [1.165, 1.54) is 0 Å². The number of ether oxygens (including phenoxy) is 3. The number of aliphatic hydroxyl groups is 2. The number of carbonyl (C=O) groups is 2. The van der Waals surface area contributed by atoms with Crippen LogP contribution in [0.4, 0.5) is 0 Å². The third kappa shape index (κ3) is 1.04. The molecule has 5 rings (SSSR count). The Labute approximate surface area is 126 Å². The van der Waals surface area contributed by atoms with Crippen LogP contribution in [0.2, 0.25) is 0 Å². The van der Waals surface area contributed by atoms with E-state index in [9.17, 15) is 19.8 Å². The van der Waals surface area contributed by atoms with Crippen molar-refractivity contribution in [1.82, 2.24) is 0 Å². The van der Waals surface area contributed by atoms with Gasteiger partial charge in [-0.25, -0.2) is 0 Å². The van der Waals surface area contributed by atoms with Gasteiger partial charge in [0.25, 0.3) is 0 Å². The Kier molecular flexibility index (Phi) is 1.93. The summed E-state index contributed by atoms with van der Waals surface area (Å²) in [6.07, 6.45) is -2.44. The number of epoxide rings is 1. The van der Waals surface area contributed by atoms with Crippen molar-refractivity contribution < 1.29 is 34.0 Å². The maximum Gasteiger partial charge on any atom is 0.312 e. The number of rotatable bonds is 1. The Morgan fingerprint density at radius 3 is 2.32 bits per heavy atom. The monoisotopic (exact) mass is 310 g/mol. The largest absolute Gasteiger partial charge is 0.458 e. The van der Waals surface area contributed by atoms with Gasteiger partial charge in [0.2, 0.25) is 0 Å². The Bertz CT molecular complexity index is 624. The predicted molar refractivity (Wildman–Crippen MR) is 68.2 cm³/mol. The molecular formula is C15H18O7. The molecule has 22 heavy (non-hydrogen) atoms. The van der Waals surface area contributed by atoms with Crippen molar-refractivity contribution in [3.05, 3.63) is 0 Å². The van der Waals surface area contributed by atoms with E-state index in [1.54, 1.807) is 20.8 Å². The van der Waals surface area contributed by atoms with Crippen LogP contribution in [0.3, 0.4) is 0 Å². The summed E-state index contributed by atoms with van der Waals surface area (Å²) in [5, 5.41) is 22.0. The minimum absolute atomic E-state index is 0.401. The molecule has 7 nitrogen and oxygen atoms in total. The molecule has 2 saturated carbocycles. The van der Waals surface area contributed by atoms with Gasteiger partial charge in [0.1, 0.15) is 30.0 Å². The zero-order chi connectivity index (χ0) is 15.8. The highest BCUT2D eigenvalue weighted by Crippen LogP contribution is 2.73. The second kappa shape index (κ2) is 3.20. The molecule has 2 N–H and O–H groups in total. The topological polar surface area (TPSA) is 106 Å². The standard InChI is InChI=1S/C15H18O7/c1-13(2,18)4-5-11(16)21-7(4)9-14(3)6(12(17)22-9)8-10(20-8)15(5,14)19/h4-10,18-19H,1-3H3/t4-,5-,6+,7-,8?,9-,10+,14-,15-/m1/s1. The smallest absolute Gasteiger partial charge is 0.312 e. The first-order chi connectivity index (χ1) is 10.1. The molecule has 2 aliphatic carbocycles. The molecule has 120 valence electrons. The highest BCUT2D eigenvalue weighted by Gasteiger charge is 2.91. The summed E-state index contributed by atoms with van der Waals surface area (Å²) < 4.78 is 16.5. The summed E-state index contributed by atoms with van der Waals surface area (Å²) in [6.45, 7) is 4.95. The van der Waals surface area contributed by atoms with Gasteiger partial charge in [0.05, 0.1) is 22.9 Å². The number of fused-ring (bicyclic) bond motifs is 7. The van der Waals surface area contributed by atoms with Gasteiger partial charge < -0.3 is 24.4 Å². The lowest BCUT2D eigenvalue weighted by atomic mass is 9.52. The number of carbonyl (C=O) groups excluding carboxylic acids is 2. The van der Waals surface area contributed by atoms with Crippen molar-refractivity contribution in [3.63, 3.8) is 0 Å². The van der Waals surface area contributed by atoms with Crippen LogP contribution in [0.25, 0.3) is 0 Å². The zero-order valence-electron chi connectivity index (χ0n) is 12.5. The predicted octanol–water partition coefficient (Wildman–Crippen LogP) is -1.01. The van der Waals surface area contributed by atoms with E-state index in [1.807, 2.05) is 0 Å². The molecule has 0 aromatic carbocycles. The molecule has 5 fully saturated rings. The van der Waals surface area contributed by atoms with Crippen molar-refractivity contribution in [2.45, 2.75) is 56.4 Å². The van der Waals surface area contributed by atoms with Gasteiger partial charge in [0, 0.05) is 5.92 Å². The Balaban J connectivity index is 1.76. The van der Waals surface area contributed by atoms with E-state index >= 15 is 0 Å². The quantitative estimate of drug-likeness (QED) is 0.472. The SMILES string of the molecule is CC(C)(O)[C@H]1[C@H]2OC(=O)[C@@H]1[C@@]1(O)[C@H]3OC3[C@H]3C(=O)O[C@H]2[C@@]31C. The molecule has 1 unspecified atom stereocenters. The fourth-order valence-electron chi connectivity index (χ4n) is 5.78. The number of hydrogen-bond acceptors (Lipinski definition) is 7. The summed E-state index contributed by atoms with van der Waals surface area (Å²) >= 11 is 0. The van der Waals surface area contributed by atoms with Crippen molar-refractivity contribution >= 4 is 11.9 Å². The van der Waals surface area contributed by atoms with Crippen molar-refractivity contribution in [3.8, 4) is 0 Å². The first kappa shape index (κ1) is 13.3. The van der Waals surface area contributed by atoms with Crippen molar-refractivity contribution in [1.29, 1.82) is 0 Å². The maximum absolute atomic E-state index is 12.4. The van der Waals surface area contributed by atoms with Crippen LogP contribution in [0.1, 0.15) is 20.8 Å². The Morgan fingerprint density at radius 2 is 1.68 bits per heavy atom. The molecule has 0 aromatic rings. The number of hydrogen-bond donors (Lipinski definition) is 2. The summed E-state index contributed by atoms with van der Waals surface area (Å²) in [6, 6.07) is 0. The van der Waals surface area contributed by atoms with Crippen LogP contribution >= 0.6 is 0 Å². The molecule has 5 aliphatic rings. The summed E-state index contributed by atoms with van der Waals surface area (Å²) in [4.78, 5) is 24.7. The van der Waals surface area contributed by atoms with Gasteiger partial charge in [-0.15, -0.1) is 0 Å². The zero-order valence-corrected chi connectivity index (χ0v) is 12.5. The summed E-state index contributed by atoms with van der Waals surface area (Å²) in [5.41, 5.74) is -3.72. The van der Waals surface area contributed by atoms with E-state index in [4.69, 9.17) is 14.2 Å². The lowest BCUT2D eigenvalue weighted by Crippen LogP contribution is -2.69. The molecule has 0 radical (unpaired) electrons. The molecule has 0 spiro atoms. The van der Waals surface area contributed by atoms with Crippen molar-refractivity contribution in [2.24, 2.45) is 23.2 Å². The molecule has 9 atom stereocenters. The first-order valence-electron chi connectivity index (χ1n) is 7.64. The van der Waals surface area contributed by atoms with E-state index in [0.717, 1.165) is 0 Å². The fraction of sp³-hybridized carbons (Fsp3) is 0.867. The van der Waals surface area contributed by atoms with Gasteiger partial charge in [-0.1, -0.05) is 6.92 Å². The molecule has 3 saturated heterocycles. The Hall–Kier alpha value is -1.18. The van der Waals surface area contributed by atoms with Crippen LogP contribution in [0, 0.1) is 23.2 Å². The van der Waals surface area contributed by atoms with E-state index in [-0.39, 0.29) is 0 Å². The van der Waals surface area contributed by atoms with Gasteiger partial charge >= 0.3 is 11.9 Å². The fourth-order valence-corrected chi connectivity index (χ4v) is 5.78. The minimum Gasteiger partial charge on any atom is -0.458 e. The second-order valence-electron chi connectivity index (χ2n) is 8.02. The lowest BCUT2D eigenvalue weighted by Gasteiger charge is -2.53. The van der Waals surface area contributed by atoms with Crippen LogP contribution in [-0.2, 0) is 23.8 Å². The van der Waals surface area contributed by atoms with E-state index < -0.39 is 70.7 Å². The molecule has 2 bridgehead atoms. The van der Waals surface area contributed by atoms with Crippen LogP contribution in [0.5, 0.6) is 0 Å². The lowest BCUT2D eigenvalue weighted by molar-refractivity contribution is -0.225. The molecule has 0 amide bonds. The average molecular weight is 310 g/mol. The molecule has 7 heteroatoms. The third-order valence-corrected chi connectivity index (χ3v) is 6.69. The van der Waals surface area contributed by atoms with E-state index in [0.29, 0.717) is 0 Å². The van der Waals surface area contributed by atoms with Gasteiger partial charge in [-0.2, -0.15) is 0 Å². The molecule has 0 aromatic heterocycles. The first-order valence-corrected chi connectivity index (χ1v) is 7.64. The maximum atomic E-state index is 12.4. The highest BCUT2D eigenvalue weighted by atomic mass is 16.6. The average Bonchev–Trinajstić information content (AvgIpc) is 2.96. The van der Waals surface area contributed by atoms with Crippen LogP contribution in [0.15, 0.2) is 0 Å². The summed E-state index contributed by atoms with van der Waals surface area (Å²) in [7, 11) is 0. The van der Waals surface area contributed by atoms with E-state index in [2.05, 4.69) is 0 Å². The normalized spacial score (nSPS) is 60.7. The number of esters is 2.